The standard InChI is InChI=1S/C19H26N6O4S/c1-29-10-5-17(27)25(12-14-3-4-16(26)23-14)19-22-11-15(30-19)18(28)21-6-2-8-24-9-7-20-13-24/h7,9,11,13-14H,2-6,8,10,12H2,1H3,(H,21,28)(H,23,26). The minimum Gasteiger partial charge on any atom is -0.384 e. The van der Waals surface area contributed by atoms with E-state index in [0.29, 0.717) is 42.5 Å². The molecule has 0 radical (unpaired) electrons. The number of nitrogens with one attached hydrogen (secondary N) is 2. The van der Waals surface area contributed by atoms with Gasteiger partial charge in [-0.25, -0.2) is 9.97 Å². The van der Waals surface area contributed by atoms with Crippen molar-refractivity contribution in [1.82, 2.24) is 25.2 Å². The number of ether oxygens (including phenoxy) is 1. The first-order chi connectivity index (χ1) is 14.6. The van der Waals surface area contributed by atoms with Crippen molar-refractivity contribution < 1.29 is 19.1 Å². The molecule has 30 heavy (non-hydrogen) atoms. The molecule has 0 aromatic carbocycles. The lowest BCUT2D eigenvalue weighted by Crippen LogP contribution is -2.42. The van der Waals surface area contributed by atoms with Gasteiger partial charge in [0.25, 0.3) is 5.91 Å². The van der Waals surface area contributed by atoms with E-state index in [1.54, 1.807) is 12.5 Å². The Bertz CT molecular complexity index is 853. The first-order valence-corrected chi connectivity index (χ1v) is 10.7. The molecule has 10 nitrogen and oxygen atoms in total. The molecule has 0 aliphatic carbocycles. The van der Waals surface area contributed by atoms with Crippen LogP contribution in [0.15, 0.2) is 24.9 Å². The van der Waals surface area contributed by atoms with Gasteiger partial charge in [0.15, 0.2) is 5.13 Å². The van der Waals surface area contributed by atoms with Crippen LogP contribution in [0.5, 0.6) is 0 Å². The predicted octanol–water partition coefficient (Wildman–Crippen LogP) is 0.808. The van der Waals surface area contributed by atoms with Crippen molar-refractivity contribution in [3.63, 3.8) is 0 Å². The Hall–Kier alpha value is -2.79. The zero-order valence-corrected chi connectivity index (χ0v) is 17.7. The number of amides is 3. The molecule has 1 unspecified atom stereocenters. The Morgan fingerprint density at radius 2 is 2.33 bits per heavy atom. The number of rotatable bonds is 11. The fourth-order valence-electron chi connectivity index (χ4n) is 3.11. The van der Waals surface area contributed by atoms with Gasteiger partial charge in [0.2, 0.25) is 11.8 Å². The topological polar surface area (TPSA) is 118 Å². The van der Waals surface area contributed by atoms with Gasteiger partial charge >= 0.3 is 0 Å². The lowest BCUT2D eigenvalue weighted by Gasteiger charge is -2.23. The second-order valence-corrected chi connectivity index (χ2v) is 7.98. The van der Waals surface area contributed by atoms with Crippen molar-refractivity contribution in [2.45, 2.75) is 38.3 Å². The van der Waals surface area contributed by atoms with Gasteiger partial charge in [0, 0.05) is 51.6 Å². The lowest BCUT2D eigenvalue weighted by molar-refractivity contribution is -0.121. The summed E-state index contributed by atoms with van der Waals surface area (Å²) in [5, 5.41) is 6.19. The molecule has 1 aliphatic heterocycles. The van der Waals surface area contributed by atoms with Crippen molar-refractivity contribution >= 4 is 34.2 Å². The maximum absolute atomic E-state index is 12.7. The number of hydrogen-bond acceptors (Lipinski definition) is 7. The molecule has 3 amide bonds. The Morgan fingerprint density at radius 1 is 1.47 bits per heavy atom. The molecular weight excluding hydrogens is 408 g/mol. The third-order valence-corrected chi connectivity index (χ3v) is 5.71. The van der Waals surface area contributed by atoms with Crippen molar-refractivity contribution in [3.05, 3.63) is 29.8 Å². The normalized spacial score (nSPS) is 15.8. The molecule has 0 spiro atoms. The monoisotopic (exact) mass is 434 g/mol. The van der Waals surface area contributed by atoms with Gasteiger partial charge in [0.05, 0.1) is 25.6 Å². The molecule has 11 heteroatoms. The highest BCUT2D eigenvalue weighted by atomic mass is 32.1. The van der Waals surface area contributed by atoms with Gasteiger partial charge in [-0.05, 0) is 12.8 Å². The highest BCUT2D eigenvalue weighted by molar-refractivity contribution is 7.17. The fourth-order valence-corrected chi connectivity index (χ4v) is 3.97. The van der Waals surface area contributed by atoms with Crippen LogP contribution < -0.4 is 15.5 Å². The number of aromatic nitrogens is 3. The lowest BCUT2D eigenvalue weighted by atomic mass is 10.2. The van der Waals surface area contributed by atoms with Crippen LogP contribution >= 0.6 is 11.3 Å². The molecular formula is C19H26N6O4S. The van der Waals surface area contributed by atoms with Crippen molar-refractivity contribution in [1.29, 1.82) is 0 Å². The number of hydrogen-bond donors (Lipinski definition) is 2. The summed E-state index contributed by atoms with van der Waals surface area (Å²) >= 11 is 1.16. The summed E-state index contributed by atoms with van der Waals surface area (Å²) in [7, 11) is 1.54. The molecule has 0 bridgehead atoms. The summed E-state index contributed by atoms with van der Waals surface area (Å²) in [6.07, 6.45) is 8.91. The number of imidazole rings is 1. The highest BCUT2D eigenvalue weighted by Gasteiger charge is 2.28. The molecule has 3 rings (SSSR count). The van der Waals surface area contributed by atoms with Crippen LogP contribution in [0, 0.1) is 0 Å². The minimum absolute atomic E-state index is 0.0146. The number of nitrogens with zero attached hydrogens (tertiary/aromatic N) is 4. The first kappa shape index (κ1) is 21.9. The van der Waals surface area contributed by atoms with E-state index in [1.165, 1.54) is 18.2 Å². The van der Waals surface area contributed by atoms with E-state index >= 15 is 0 Å². The van der Waals surface area contributed by atoms with Crippen LogP contribution in [0.3, 0.4) is 0 Å². The quantitative estimate of drug-likeness (QED) is 0.505. The molecule has 3 heterocycles. The van der Waals surface area contributed by atoms with Gasteiger partial charge < -0.3 is 19.9 Å². The summed E-state index contributed by atoms with van der Waals surface area (Å²) in [5.74, 6) is -0.387. The average Bonchev–Trinajstić information content (AvgIpc) is 3.49. The number of aryl methyl sites for hydroxylation is 1. The van der Waals surface area contributed by atoms with Gasteiger partial charge in [-0.2, -0.15) is 0 Å². The Morgan fingerprint density at radius 3 is 3.03 bits per heavy atom. The van der Waals surface area contributed by atoms with E-state index in [1.807, 2.05) is 10.8 Å². The molecule has 2 N–H and O–H groups in total. The Kier molecular flexibility index (Phi) is 7.91. The van der Waals surface area contributed by atoms with Crippen LogP contribution in [-0.4, -0.2) is 65.1 Å². The first-order valence-electron chi connectivity index (χ1n) is 9.85. The van der Waals surface area contributed by atoms with E-state index in [-0.39, 0.29) is 30.2 Å². The number of thiazole rings is 1. The number of carbonyl (C=O) groups excluding carboxylic acids is 3. The van der Waals surface area contributed by atoms with Crippen LogP contribution in [0.2, 0.25) is 0 Å². The molecule has 0 saturated carbocycles. The Labute approximate surface area is 178 Å². The summed E-state index contributed by atoms with van der Waals surface area (Å²) in [5.41, 5.74) is 0. The average molecular weight is 435 g/mol. The van der Waals surface area contributed by atoms with E-state index in [4.69, 9.17) is 4.74 Å². The molecule has 1 fully saturated rings. The van der Waals surface area contributed by atoms with Crippen molar-refractivity contribution in [2.75, 3.05) is 31.7 Å². The summed E-state index contributed by atoms with van der Waals surface area (Å²) < 4.78 is 6.95. The molecule has 1 aliphatic rings. The number of anilines is 1. The van der Waals surface area contributed by atoms with E-state index in [2.05, 4.69) is 20.6 Å². The zero-order chi connectivity index (χ0) is 21.3. The van der Waals surface area contributed by atoms with Gasteiger partial charge in [-0.15, -0.1) is 0 Å². The molecule has 2 aromatic heterocycles. The van der Waals surface area contributed by atoms with Crippen molar-refractivity contribution in [3.8, 4) is 0 Å². The SMILES string of the molecule is COCCC(=O)N(CC1CCC(=O)N1)c1ncc(C(=O)NCCCn2ccnc2)s1. The summed E-state index contributed by atoms with van der Waals surface area (Å²) in [4.78, 5) is 46.8. The van der Waals surface area contributed by atoms with Crippen LogP contribution in [0.25, 0.3) is 0 Å². The Balaban J connectivity index is 1.57. The minimum atomic E-state index is -0.220. The summed E-state index contributed by atoms with van der Waals surface area (Å²) in [6.45, 7) is 1.91. The van der Waals surface area contributed by atoms with E-state index in [9.17, 15) is 14.4 Å². The highest BCUT2D eigenvalue weighted by Crippen LogP contribution is 2.24. The predicted molar refractivity (Wildman–Crippen MR) is 111 cm³/mol. The largest absolute Gasteiger partial charge is 0.384 e. The number of carbonyl (C=O) groups is 3. The maximum Gasteiger partial charge on any atom is 0.263 e. The maximum atomic E-state index is 12.7. The van der Waals surface area contributed by atoms with Gasteiger partial charge in [-0.1, -0.05) is 11.3 Å². The van der Waals surface area contributed by atoms with Crippen LogP contribution in [-0.2, 0) is 20.9 Å². The fraction of sp³-hybridized carbons (Fsp3) is 0.526. The van der Waals surface area contributed by atoms with Crippen LogP contribution in [0.1, 0.15) is 35.4 Å². The summed E-state index contributed by atoms with van der Waals surface area (Å²) in [6, 6.07) is -0.117. The molecule has 2 aromatic rings. The molecule has 1 saturated heterocycles. The smallest absolute Gasteiger partial charge is 0.263 e. The van der Waals surface area contributed by atoms with Crippen LogP contribution in [0.4, 0.5) is 5.13 Å². The second kappa shape index (κ2) is 10.8. The molecule has 162 valence electrons. The zero-order valence-electron chi connectivity index (χ0n) is 16.9. The van der Waals surface area contributed by atoms with Gasteiger partial charge in [0.1, 0.15) is 4.88 Å². The van der Waals surface area contributed by atoms with Gasteiger partial charge in [-0.3, -0.25) is 19.3 Å². The van der Waals surface area contributed by atoms with E-state index < -0.39 is 0 Å². The van der Waals surface area contributed by atoms with Crippen molar-refractivity contribution in [2.24, 2.45) is 0 Å². The number of methoxy groups -OCH3 is 1. The third-order valence-electron chi connectivity index (χ3n) is 4.70. The third kappa shape index (κ3) is 6.10. The molecule has 1 atom stereocenters. The van der Waals surface area contributed by atoms with E-state index in [0.717, 1.165) is 24.3 Å². The second-order valence-electron chi connectivity index (χ2n) is 6.97.